The molecule has 4 rings (SSSR count). The number of amides is 1. The van der Waals surface area contributed by atoms with Gasteiger partial charge in [0.05, 0.1) is 6.67 Å². The van der Waals surface area contributed by atoms with Crippen LogP contribution in [0.1, 0.15) is 12.0 Å². The van der Waals surface area contributed by atoms with E-state index in [-0.39, 0.29) is 12.7 Å². The van der Waals surface area contributed by atoms with E-state index in [2.05, 4.69) is 10.6 Å². The van der Waals surface area contributed by atoms with Crippen molar-refractivity contribution < 1.29 is 14.3 Å². The summed E-state index contributed by atoms with van der Waals surface area (Å²) in [6, 6.07) is 3.93. The smallest absolute Gasteiger partial charge is 0.246 e. The molecule has 94 valence electrons. The van der Waals surface area contributed by atoms with E-state index in [4.69, 9.17) is 9.47 Å². The molecule has 1 saturated heterocycles. The highest BCUT2D eigenvalue weighted by atomic mass is 32.2. The normalized spacial score (nSPS) is 28.3. The van der Waals surface area contributed by atoms with Crippen molar-refractivity contribution >= 4 is 17.7 Å². The van der Waals surface area contributed by atoms with E-state index in [9.17, 15) is 4.79 Å². The molecule has 1 amide bonds. The van der Waals surface area contributed by atoms with Crippen LogP contribution in [-0.2, 0) is 10.3 Å². The molecule has 0 saturated carbocycles. The molecule has 1 fully saturated rings. The highest BCUT2D eigenvalue weighted by Gasteiger charge is 2.47. The van der Waals surface area contributed by atoms with E-state index >= 15 is 0 Å². The Kier molecular flexibility index (Phi) is 2.07. The minimum atomic E-state index is -0.582. The van der Waals surface area contributed by atoms with Crippen molar-refractivity contribution in [1.29, 1.82) is 0 Å². The fraction of sp³-hybridized carbons (Fsp3) is 0.417. The Hall–Kier alpha value is -1.40. The van der Waals surface area contributed by atoms with Crippen LogP contribution in [0.15, 0.2) is 17.0 Å². The second-order valence-electron chi connectivity index (χ2n) is 4.56. The second kappa shape index (κ2) is 3.55. The summed E-state index contributed by atoms with van der Waals surface area (Å²) in [4.78, 5) is 13.3. The predicted molar refractivity (Wildman–Crippen MR) is 65.7 cm³/mol. The van der Waals surface area contributed by atoms with Gasteiger partial charge in [0.2, 0.25) is 12.7 Å². The number of hydrogen-bond acceptors (Lipinski definition) is 5. The summed E-state index contributed by atoms with van der Waals surface area (Å²) in [6.45, 7) is 0.785. The van der Waals surface area contributed by atoms with Gasteiger partial charge in [-0.2, -0.15) is 0 Å². The number of benzene rings is 1. The molecular formula is C12H12N2O3S. The van der Waals surface area contributed by atoms with Crippen LogP contribution in [0.2, 0.25) is 0 Å². The highest BCUT2D eigenvalue weighted by Crippen LogP contribution is 2.47. The molecule has 0 aromatic heterocycles. The van der Waals surface area contributed by atoms with Gasteiger partial charge < -0.3 is 14.8 Å². The summed E-state index contributed by atoms with van der Waals surface area (Å²) in [5.41, 5.74) is 0.430. The highest BCUT2D eigenvalue weighted by molar-refractivity contribution is 7.99. The molecule has 1 aromatic carbocycles. The Morgan fingerprint density at radius 3 is 2.89 bits per heavy atom. The molecule has 0 radical (unpaired) electrons. The van der Waals surface area contributed by atoms with E-state index < -0.39 is 5.54 Å². The Bertz CT molecular complexity index is 548. The molecule has 1 atom stereocenters. The average molecular weight is 264 g/mol. The first kappa shape index (κ1) is 10.5. The number of thioether (sulfide) groups is 1. The lowest BCUT2D eigenvalue weighted by atomic mass is 9.86. The Balaban J connectivity index is 1.91. The molecule has 5 nitrogen and oxygen atoms in total. The van der Waals surface area contributed by atoms with Crippen LogP contribution in [-0.4, -0.2) is 25.1 Å². The number of carbonyl (C=O) groups is 1. The fourth-order valence-electron chi connectivity index (χ4n) is 2.75. The van der Waals surface area contributed by atoms with Crippen LogP contribution in [0.5, 0.6) is 11.5 Å². The number of hydrogen-bond donors (Lipinski definition) is 2. The Morgan fingerprint density at radius 2 is 2.11 bits per heavy atom. The van der Waals surface area contributed by atoms with Gasteiger partial charge in [-0.3, -0.25) is 10.1 Å². The summed E-state index contributed by atoms with van der Waals surface area (Å²) in [5, 5.41) is 6.16. The average Bonchev–Trinajstić information content (AvgIpc) is 2.96. The first-order valence-corrected chi connectivity index (χ1v) is 6.88. The van der Waals surface area contributed by atoms with Gasteiger partial charge in [0.15, 0.2) is 11.5 Å². The quantitative estimate of drug-likeness (QED) is 0.725. The van der Waals surface area contributed by atoms with Gasteiger partial charge in [-0.15, -0.1) is 11.8 Å². The molecular weight excluding hydrogens is 252 g/mol. The molecule has 18 heavy (non-hydrogen) atoms. The van der Waals surface area contributed by atoms with E-state index in [0.717, 1.165) is 34.1 Å². The monoisotopic (exact) mass is 264 g/mol. The van der Waals surface area contributed by atoms with Gasteiger partial charge in [0.1, 0.15) is 5.54 Å². The zero-order valence-corrected chi connectivity index (χ0v) is 10.4. The molecule has 0 bridgehead atoms. The summed E-state index contributed by atoms with van der Waals surface area (Å²) < 4.78 is 10.8. The van der Waals surface area contributed by atoms with Gasteiger partial charge in [-0.25, -0.2) is 0 Å². The third-order valence-corrected chi connectivity index (χ3v) is 4.75. The largest absolute Gasteiger partial charge is 0.454 e. The van der Waals surface area contributed by atoms with Crippen LogP contribution < -0.4 is 20.1 Å². The van der Waals surface area contributed by atoms with Gasteiger partial charge >= 0.3 is 0 Å². The van der Waals surface area contributed by atoms with Crippen molar-refractivity contribution in [1.82, 2.24) is 10.6 Å². The number of nitrogens with one attached hydrogen (secondary N) is 2. The maximum atomic E-state index is 12.2. The van der Waals surface area contributed by atoms with E-state index in [0.29, 0.717) is 6.67 Å². The molecule has 0 aliphatic carbocycles. The fourth-order valence-corrected chi connectivity index (χ4v) is 3.96. The summed E-state index contributed by atoms with van der Waals surface area (Å²) in [5.74, 6) is 2.49. The number of rotatable bonds is 0. The minimum Gasteiger partial charge on any atom is -0.454 e. The van der Waals surface area contributed by atoms with Gasteiger partial charge in [0, 0.05) is 10.6 Å². The standard InChI is InChI=1S/C12H12N2O3S/c15-11-12(14-5-13-11)1-2-18-10-4-9-8(3-7(10)12)16-6-17-9/h3-4,14H,1-2,5-6H2,(H,13,15). The molecule has 1 spiro atoms. The lowest BCUT2D eigenvalue weighted by molar-refractivity contribution is -0.124. The molecule has 1 unspecified atom stereocenters. The van der Waals surface area contributed by atoms with Crippen molar-refractivity contribution in [3.8, 4) is 11.5 Å². The zero-order valence-electron chi connectivity index (χ0n) is 9.62. The summed E-state index contributed by atoms with van der Waals surface area (Å²) in [7, 11) is 0. The summed E-state index contributed by atoms with van der Waals surface area (Å²) in [6.07, 6.45) is 0.802. The van der Waals surface area contributed by atoms with Crippen LogP contribution >= 0.6 is 11.8 Å². The van der Waals surface area contributed by atoms with E-state index in [1.54, 1.807) is 11.8 Å². The van der Waals surface area contributed by atoms with Crippen molar-refractivity contribution in [2.75, 3.05) is 19.2 Å². The SMILES string of the molecule is O=C1NCNC12CCSc1cc3c(cc12)OCO3. The van der Waals surface area contributed by atoms with E-state index in [1.165, 1.54) is 0 Å². The minimum absolute atomic E-state index is 0.0583. The molecule has 1 aromatic rings. The number of carbonyl (C=O) groups excluding carboxylic acids is 1. The third kappa shape index (κ3) is 1.24. The summed E-state index contributed by atoms with van der Waals surface area (Å²) >= 11 is 1.76. The molecule has 2 N–H and O–H groups in total. The Labute approximate surface area is 108 Å². The van der Waals surface area contributed by atoms with Crippen molar-refractivity contribution in [2.24, 2.45) is 0 Å². The Morgan fingerprint density at radius 1 is 1.28 bits per heavy atom. The zero-order chi connectivity index (χ0) is 12.2. The van der Waals surface area contributed by atoms with Crippen molar-refractivity contribution in [3.05, 3.63) is 17.7 Å². The van der Waals surface area contributed by atoms with Gasteiger partial charge in [-0.05, 0) is 24.1 Å². The van der Waals surface area contributed by atoms with Crippen LogP contribution in [0.25, 0.3) is 0 Å². The van der Waals surface area contributed by atoms with Crippen LogP contribution in [0.4, 0.5) is 0 Å². The molecule has 6 heteroatoms. The van der Waals surface area contributed by atoms with Gasteiger partial charge in [0.25, 0.3) is 0 Å². The first-order valence-electron chi connectivity index (χ1n) is 5.90. The molecule has 3 heterocycles. The van der Waals surface area contributed by atoms with E-state index in [1.807, 2.05) is 12.1 Å². The lowest BCUT2D eigenvalue weighted by Crippen LogP contribution is -2.45. The second-order valence-corrected chi connectivity index (χ2v) is 5.70. The third-order valence-electron chi connectivity index (χ3n) is 3.70. The lowest BCUT2D eigenvalue weighted by Gasteiger charge is -2.32. The maximum Gasteiger partial charge on any atom is 0.246 e. The first-order chi connectivity index (χ1) is 8.79. The van der Waals surface area contributed by atoms with Crippen LogP contribution in [0.3, 0.4) is 0 Å². The molecule has 3 aliphatic heterocycles. The number of fused-ring (bicyclic) bond motifs is 3. The maximum absolute atomic E-state index is 12.2. The molecule has 3 aliphatic rings. The number of ether oxygens (including phenoxy) is 2. The van der Waals surface area contributed by atoms with Crippen LogP contribution in [0, 0.1) is 0 Å². The van der Waals surface area contributed by atoms with Gasteiger partial charge in [-0.1, -0.05) is 0 Å². The topological polar surface area (TPSA) is 59.6 Å². The van der Waals surface area contributed by atoms with Crippen molar-refractivity contribution in [3.63, 3.8) is 0 Å². The van der Waals surface area contributed by atoms with Crippen molar-refractivity contribution in [2.45, 2.75) is 16.9 Å². The predicted octanol–water partition coefficient (Wildman–Crippen LogP) is 0.783.